The van der Waals surface area contributed by atoms with Crippen LogP contribution in [0.15, 0.2) is 54.6 Å². The number of fused-ring (bicyclic) bond motifs is 1. The van der Waals surface area contributed by atoms with Gasteiger partial charge in [-0.3, -0.25) is 4.79 Å². The molecule has 0 bridgehead atoms. The number of carbonyl (C=O) groups excluding carboxylic acids is 1. The zero-order valence-electron chi connectivity index (χ0n) is 15.1. The molecular formula is C21H22N4O. The number of amides is 1. The van der Waals surface area contributed by atoms with Gasteiger partial charge in [-0.2, -0.15) is 0 Å². The number of aromatic nitrogens is 3. The summed E-state index contributed by atoms with van der Waals surface area (Å²) in [5.41, 5.74) is 3.27. The van der Waals surface area contributed by atoms with E-state index in [1.807, 2.05) is 65.0 Å². The molecule has 2 heterocycles. The first-order chi connectivity index (χ1) is 12.6. The molecule has 0 spiro atoms. The monoisotopic (exact) mass is 346 g/mol. The van der Waals surface area contributed by atoms with Crippen LogP contribution in [0.4, 0.5) is 5.69 Å². The van der Waals surface area contributed by atoms with E-state index < -0.39 is 0 Å². The second kappa shape index (κ2) is 6.75. The Hall–Kier alpha value is -2.95. The molecule has 1 amide bonds. The van der Waals surface area contributed by atoms with E-state index in [1.165, 1.54) is 5.56 Å². The highest BCUT2D eigenvalue weighted by Gasteiger charge is 2.27. The summed E-state index contributed by atoms with van der Waals surface area (Å²) < 4.78 is 1.91. The van der Waals surface area contributed by atoms with Gasteiger partial charge in [0.2, 0.25) is 5.91 Å². The number of carbonyl (C=O) groups is 1. The molecule has 1 aromatic heterocycles. The molecule has 26 heavy (non-hydrogen) atoms. The maximum atomic E-state index is 13.0. The summed E-state index contributed by atoms with van der Waals surface area (Å²) in [6, 6.07) is 18.1. The molecule has 0 aliphatic carbocycles. The minimum absolute atomic E-state index is 0.0689. The first-order valence-corrected chi connectivity index (χ1v) is 8.98. The summed E-state index contributed by atoms with van der Waals surface area (Å²) in [7, 11) is 1.91. The van der Waals surface area contributed by atoms with Crippen molar-refractivity contribution in [1.82, 2.24) is 14.8 Å². The number of hydrogen-bond donors (Lipinski definition) is 0. The minimum atomic E-state index is 0.0689. The molecular weight excluding hydrogens is 324 g/mol. The van der Waals surface area contributed by atoms with Crippen molar-refractivity contribution in [3.8, 4) is 11.4 Å². The van der Waals surface area contributed by atoms with Gasteiger partial charge >= 0.3 is 0 Å². The zero-order chi connectivity index (χ0) is 18.1. The van der Waals surface area contributed by atoms with E-state index in [2.05, 4.69) is 23.2 Å². The number of benzene rings is 2. The van der Waals surface area contributed by atoms with Crippen molar-refractivity contribution in [1.29, 1.82) is 0 Å². The second-order valence-corrected chi connectivity index (χ2v) is 6.84. The van der Waals surface area contributed by atoms with Crippen LogP contribution in [0, 0.1) is 0 Å². The van der Waals surface area contributed by atoms with Gasteiger partial charge in [0.25, 0.3) is 0 Å². The third-order valence-corrected chi connectivity index (χ3v) is 5.15. The lowest BCUT2D eigenvalue weighted by atomic mass is 9.91. The fourth-order valence-corrected chi connectivity index (χ4v) is 3.59. The standard InChI is InChI=1S/C21H22N4O/c1-15-12-13-25(18-11-7-6-10-17(15)18)20(26)14-19-22-23-21(24(19)2)16-8-4-3-5-9-16/h3-11,15H,12-14H2,1-2H3/t15-/m1/s1. The number of anilines is 1. The number of nitrogens with zero attached hydrogens (tertiary/aromatic N) is 4. The molecule has 4 rings (SSSR count). The topological polar surface area (TPSA) is 51.0 Å². The third-order valence-electron chi connectivity index (χ3n) is 5.15. The lowest BCUT2D eigenvalue weighted by Crippen LogP contribution is -2.37. The largest absolute Gasteiger partial charge is 0.314 e. The Morgan fingerprint density at radius 1 is 1.08 bits per heavy atom. The molecule has 5 heteroatoms. The highest BCUT2D eigenvalue weighted by Crippen LogP contribution is 2.35. The molecule has 0 unspecified atom stereocenters. The van der Waals surface area contributed by atoms with Gasteiger partial charge in [-0.25, -0.2) is 0 Å². The molecule has 1 atom stereocenters. The molecule has 0 N–H and O–H groups in total. The molecule has 0 fully saturated rings. The normalized spacial score (nSPS) is 16.4. The van der Waals surface area contributed by atoms with Gasteiger partial charge in [-0.1, -0.05) is 55.5 Å². The quantitative estimate of drug-likeness (QED) is 0.728. The van der Waals surface area contributed by atoms with Crippen molar-refractivity contribution in [2.45, 2.75) is 25.7 Å². The van der Waals surface area contributed by atoms with E-state index in [4.69, 9.17) is 0 Å². The van der Waals surface area contributed by atoms with E-state index in [0.717, 1.165) is 30.0 Å². The fourth-order valence-electron chi connectivity index (χ4n) is 3.59. The summed E-state index contributed by atoms with van der Waals surface area (Å²) in [5.74, 6) is 2.01. The van der Waals surface area contributed by atoms with Crippen LogP contribution in [0.25, 0.3) is 11.4 Å². The second-order valence-electron chi connectivity index (χ2n) is 6.84. The van der Waals surface area contributed by atoms with Gasteiger partial charge in [0.05, 0.1) is 6.42 Å². The maximum Gasteiger partial charge on any atom is 0.234 e. The van der Waals surface area contributed by atoms with Crippen LogP contribution < -0.4 is 4.90 Å². The third kappa shape index (κ3) is 2.90. The number of hydrogen-bond acceptors (Lipinski definition) is 3. The molecule has 3 aromatic rings. The van der Waals surface area contributed by atoms with E-state index >= 15 is 0 Å². The Labute approximate surface area is 153 Å². The van der Waals surface area contributed by atoms with Crippen molar-refractivity contribution in [2.75, 3.05) is 11.4 Å². The van der Waals surface area contributed by atoms with Crippen molar-refractivity contribution in [3.63, 3.8) is 0 Å². The van der Waals surface area contributed by atoms with Crippen LogP contribution in [-0.4, -0.2) is 27.2 Å². The van der Waals surface area contributed by atoms with Gasteiger partial charge in [0.15, 0.2) is 5.82 Å². The van der Waals surface area contributed by atoms with Crippen molar-refractivity contribution in [2.24, 2.45) is 7.05 Å². The molecule has 1 aliphatic heterocycles. The van der Waals surface area contributed by atoms with Crippen molar-refractivity contribution < 1.29 is 4.79 Å². The summed E-state index contributed by atoms with van der Waals surface area (Å²) in [4.78, 5) is 14.9. The van der Waals surface area contributed by atoms with Gasteiger partial charge in [-0.15, -0.1) is 10.2 Å². The van der Waals surface area contributed by atoms with Crippen LogP contribution in [0.2, 0.25) is 0 Å². The zero-order valence-corrected chi connectivity index (χ0v) is 15.1. The highest BCUT2D eigenvalue weighted by molar-refractivity contribution is 5.95. The summed E-state index contributed by atoms with van der Waals surface area (Å²) in [5, 5.41) is 8.55. The maximum absolute atomic E-state index is 13.0. The van der Waals surface area contributed by atoms with Crippen LogP contribution >= 0.6 is 0 Å². The van der Waals surface area contributed by atoms with E-state index in [-0.39, 0.29) is 12.3 Å². The predicted molar refractivity (Wildman–Crippen MR) is 102 cm³/mol. The Morgan fingerprint density at radius 3 is 2.62 bits per heavy atom. The van der Waals surface area contributed by atoms with Crippen molar-refractivity contribution in [3.05, 3.63) is 66.0 Å². The smallest absolute Gasteiger partial charge is 0.234 e. The van der Waals surface area contributed by atoms with Crippen LogP contribution in [0.5, 0.6) is 0 Å². The molecule has 0 saturated carbocycles. The lowest BCUT2D eigenvalue weighted by molar-refractivity contribution is -0.118. The fraction of sp³-hybridized carbons (Fsp3) is 0.286. The first-order valence-electron chi connectivity index (χ1n) is 8.98. The summed E-state index contributed by atoms with van der Waals surface area (Å²) in [6.45, 7) is 2.97. The average Bonchev–Trinajstić information content (AvgIpc) is 3.03. The molecule has 0 saturated heterocycles. The molecule has 5 nitrogen and oxygen atoms in total. The lowest BCUT2D eigenvalue weighted by Gasteiger charge is -2.32. The average molecular weight is 346 g/mol. The molecule has 2 aromatic carbocycles. The predicted octanol–water partition coefficient (Wildman–Crippen LogP) is 3.57. The van der Waals surface area contributed by atoms with E-state index in [1.54, 1.807) is 0 Å². The Kier molecular flexibility index (Phi) is 4.29. The van der Waals surface area contributed by atoms with Crippen molar-refractivity contribution >= 4 is 11.6 Å². The van der Waals surface area contributed by atoms with Gasteiger partial charge in [-0.05, 0) is 24.0 Å². The van der Waals surface area contributed by atoms with Crippen LogP contribution in [0.3, 0.4) is 0 Å². The molecule has 0 radical (unpaired) electrons. The Morgan fingerprint density at radius 2 is 1.81 bits per heavy atom. The van der Waals surface area contributed by atoms with Crippen LogP contribution in [0.1, 0.15) is 30.7 Å². The van der Waals surface area contributed by atoms with Gasteiger partial charge < -0.3 is 9.47 Å². The van der Waals surface area contributed by atoms with Gasteiger partial charge in [0, 0.05) is 24.8 Å². The molecule has 132 valence electrons. The van der Waals surface area contributed by atoms with Crippen LogP contribution in [-0.2, 0) is 18.3 Å². The minimum Gasteiger partial charge on any atom is -0.314 e. The highest BCUT2D eigenvalue weighted by atomic mass is 16.2. The Bertz CT molecular complexity index is 932. The Balaban J connectivity index is 1.58. The number of rotatable bonds is 3. The summed E-state index contributed by atoms with van der Waals surface area (Å²) >= 11 is 0. The first kappa shape index (κ1) is 16.5. The van der Waals surface area contributed by atoms with Gasteiger partial charge in [0.1, 0.15) is 5.82 Å². The number of para-hydroxylation sites is 1. The molecule has 1 aliphatic rings. The summed E-state index contributed by atoms with van der Waals surface area (Å²) in [6.07, 6.45) is 1.23. The van der Waals surface area contributed by atoms with E-state index in [0.29, 0.717) is 11.7 Å². The van der Waals surface area contributed by atoms with E-state index in [9.17, 15) is 4.79 Å². The SMILES string of the molecule is C[C@@H]1CCN(C(=O)Cc2nnc(-c3ccccc3)n2C)c2ccccc21.